The fourth-order valence-electron chi connectivity index (χ4n) is 5.74. The van der Waals surface area contributed by atoms with Crippen molar-refractivity contribution in [2.24, 2.45) is 0 Å². The SMILES string of the molecule is O=C(CN1CCn2c(cc(C(F)(F)F)cc2=O)C1)NC1CCN(C2CCN(c3ccc(F)cc3)CC2)C1. The van der Waals surface area contributed by atoms with Crippen LogP contribution in [-0.4, -0.2) is 71.6 Å². The number of fused-ring (bicyclic) bond motifs is 1. The van der Waals surface area contributed by atoms with Crippen LogP contribution in [0, 0.1) is 5.82 Å². The van der Waals surface area contributed by atoms with E-state index in [4.69, 9.17) is 0 Å². The molecular formula is C26H31F4N5O2. The first kappa shape index (κ1) is 25.7. The molecule has 0 bridgehead atoms. The normalized spacial score (nSPS) is 21.7. The second kappa shape index (κ2) is 10.4. The van der Waals surface area contributed by atoms with Gasteiger partial charge >= 0.3 is 6.18 Å². The van der Waals surface area contributed by atoms with Crippen molar-refractivity contribution in [2.45, 2.75) is 50.6 Å². The van der Waals surface area contributed by atoms with Gasteiger partial charge in [-0.3, -0.25) is 19.4 Å². The van der Waals surface area contributed by atoms with Crippen LogP contribution in [0.4, 0.5) is 23.2 Å². The number of anilines is 1. The van der Waals surface area contributed by atoms with Crippen LogP contribution in [0.1, 0.15) is 30.5 Å². The molecule has 200 valence electrons. The highest BCUT2D eigenvalue weighted by Crippen LogP contribution is 2.29. The second-order valence-electron chi connectivity index (χ2n) is 10.2. The van der Waals surface area contributed by atoms with Gasteiger partial charge in [0.15, 0.2) is 0 Å². The van der Waals surface area contributed by atoms with E-state index in [1.54, 1.807) is 4.90 Å². The van der Waals surface area contributed by atoms with Crippen LogP contribution in [0.15, 0.2) is 41.2 Å². The molecule has 5 rings (SSSR count). The zero-order chi connectivity index (χ0) is 26.2. The number of hydrogen-bond donors (Lipinski definition) is 1. The largest absolute Gasteiger partial charge is 0.416 e. The molecule has 11 heteroatoms. The number of rotatable bonds is 5. The molecule has 3 aliphatic rings. The van der Waals surface area contributed by atoms with Crippen molar-refractivity contribution in [3.63, 3.8) is 0 Å². The van der Waals surface area contributed by atoms with Crippen molar-refractivity contribution in [2.75, 3.05) is 44.2 Å². The Morgan fingerprint density at radius 1 is 0.973 bits per heavy atom. The third-order valence-corrected chi connectivity index (χ3v) is 7.69. The van der Waals surface area contributed by atoms with E-state index in [0.717, 1.165) is 57.2 Å². The van der Waals surface area contributed by atoms with Gasteiger partial charge in [0.1, 0.15) is 5.82 Å². The van der Waals surface area contributed by atoms with Gasteiger partial charge in [-0.15, -0.1) is 0 Å². The Hall–Kier alpha value is -2.92. The fourth-order valence-corrected chi connectivity index (χ4v) is 5.74. The fraction of sp³-hybridized carbons (Fsp3) is 0.538. The zero-order valence-electron chi connectivity index (χ0n) is 20.5. The molecule has 1 N–H and O–H groups in total. The second-order valence-corrected chi connectivity index (χ2v) is 10.2. The Morgan fingerprint density at radius 2 is 1.70 bits per heavy atom. The number of carbonyl (C=O) groups is 1. The molecule has 0 aliphatic carbocycles. The Labute approximate surface area is 212 Å². The number of benzene rings is 1. The Bertz CT molecular complexity index is 1170. The van der Waals surface area contributed by atoms with E-state index in [1.165, 1.54) is 16.7 Å². The van der Waals surface area contributed by atoms with Crippen molar-refractivity contribution < 1.29 is 22.4 Å². The summed E-state index contributed by atoms with van der Waals surface area (Å²) in [6.45, 7) is 4.38. The maximum atomic E-state index is 13.2. The molecule has 3 aliphatic heterocycles. The lowest BCUT2D eigenvalue weighted by molar-refractivity contribution is -0.138. The van der Waals surface area contributed by atoms with Gasteiger partial charge < -0.3 is 14.8 Å². The summed E-state index contributed by atoms with van der Waals surface area (Å²) in [7, 11) is 0. The summed E-state index contributed by atoms with van der Waals surface area (Å²) in [4.78, 5) is 31.3. The lowest BCUT2D eigenvalue weighted by Crippen LogP contribution is -2.48. The number of halogens is 4. The molecule has 0 spiro atoms. The van der Waals surface area contributed by atoms with E-state index in [0.29, 0.717) is 18.7 Å². The molecule has 1 aromatic carbocycles. The van der Waals surface area contributed by atoms with Crippen molar-refractivity contribution in [3.05, 3.63) is 63.8 Å². The number of hydrogen-bond acceptors (Lipinski definition) is 5. The quantitative estimate of drug-likeness (QED) is 0.614. The van der Waals surface area contributed by atoms with Crippen LogP contribution in [0.3, 0.4) is 0 Å². The van der Waals surface area contributed by atoms with Crippen LogP contribution < -0.4 is 15.8 Å². The number of piperidine rings is 1. The van der Waals surface area contributed by atoms with Gasteiger partial charge in [0.2, 0.25) is 5.91 Å². The summed E-state index contributed by atoms with van der Waals surface area (Å²) in [5.41, 5.74) is -0.308. The standard InChI is InChI=1S/C26H31F4N5O2/c27-19-1-3-21(4-2-19)33-9-6-22(7-10-33)34-8-5-20(15-34)31-24(36)17-32-11-12-35-23(16-32)13-18(14-25(35)37)26(28,29)30/h1-4,13-14,20,22H,5-12,15-17H2,(H,31,36). The van der Waals surface area contributed by atoms with Gasteiger partial charge in [-0.1, -0.05) is 0 Å². The third kappa shape index (κ3) is 5.98. The van der Waals surface area contributed by atoms with Crippen LogP contribution in [0.2, 0.25) is 0 Å². The first-order valence-corrected chi connectivity index (χ1v) is 12.7. The Balaban J connectivity index is 1.09. The summed E-state index contributed by atoms with van der Waals surface area (Å²) in [5, 5.41) is 3.09. The number of nitrogens with zero attached hydrogens (tertiary/aromatic N) is 4. The van der Waals surface area contributed by atoms with E-state index >= 15 is 0 Å². The molecule has 1 amide bonds. The van der Waals surface area contributed by atoms with Gasteiger partial charge in [0, 0.05) is 75.3 Å². The highest BCUT2D eigenvalue weighted by molar-refractivity contribution is 5.78. The number of nitrogens with one attached hydrogen (secondary N) is 1. The number of likely N-dealkylation sites (tertiary alicyclic amines) is 1. The molecule has 7 nitrogen and oxygen atoms in total. The van der Waals surface area contributed by atoms with Gasteiger partial charge in [-0.05, 0) is 49.6 Å². The molecular weight excluding hydrogens is 490 g/mol. The van der Waals surface area contributed by atoms with Gasteiger partial charge in [-0.25, -0.2) is 4.39 Å². The number of amides is 1. The molecule has 2 fully saturated rings. The highest BCUT2D eigenvalue weighted by atomic mass is 19.4. The smallest absolute Gasteiger partial charge is 0.371 e. The maximum Gasteiger partial charge on any atom is 0.416 e. The summed E-state index contributed by atoms with van der Waals surface area (Å²) >= 11 is 0. The number of carbonyl (C=O) groups excluding carboxylic acids is 1. The van der Waals surface area contributed by atoms with Crippen molar-refractivity contribution in [1.29, 1.82) is 0 Å². The van der Waals surface area contributed by atoms with E-state index in [2.05, 4.69) is 15.1 Å². The van der Waals surface area contributed by atoms with Crippen molar-refractivity contribution in [1.82, 2.24) is 19.7 Å². The number of aromatic nitrogens is 1. The molecule has 4 heterocycles. The minimum atomic E-state index is -4.58. The maximum absolute atomic E-state index is 13.2. The summed E-state index contributed by atoms with van der Waals surface area (Å²) in [6.07, 6.45) is -1.72. The number of alkyl halides is 3. The van der Waals surface area contributed by atoms with Gasteiger partial charge in [0.05, 0.1) is 12.1 Å². The van der Waals surface area contributed by atoms with E-state index in [1.807, 2.05) is 12.1 Å². The lowest BCUT2D eigenvalue weighted by atomic mass is 10.0. The predicted octanol–water partition coefficient (Wildman–Crippen LogP) is 2.68. The van der Waals surface area contributed by atoms with E-state index in [9.17, 15) is 27.2 Å². The summed E-state index contributed by atoms with van der Waals surface area (Å²) < 4.78 is 53.9. The Kier molecular flexibility index (Phi) is 7.26. The first-order valence-electron chi connectivity index (χ1n) is 12.7. The molecule has 1 atom stereocenters. The van der Waals surface area contributed by atoms with Gasteiger partial charge in [0.25, 0.3) is 5.56 Å². The molecule has 37 heavy (non-hydrogen) atoms. The van der Waals surface area contributed by atoms with Crippen molar-refractivity contribution >= 4 is 11.6 Å². The Morgan fingerprint density at radius 3 is 2.41 bits per heavy atom. The molecule has 0 radical (unpaired) electrons. The lowest BCUT2D eigenvalue weighted by Gasteiger charge is -2.38. The summed E-state index contributed by atoms with van der Waals surface area (Å²) in [6, 6.07) is 8.70. The third-order valence-electron chi connectivity index (χ3n) is 7.69. The molecule has 2 aromatic rings. The van der Waals surface area contributed by atoms with Crippen LogP contribution in [0.5, 0.6) is 0 Å². The number of pyridine rings is 1. The monoisotopic (exact) mass is 521 g/mol. The minimum Gasteiger partial charge on any atom is -0.371 e. The zero-order valence-corrected chi connectivity index (χ0v) is 20.5. The summed E-state index contributed by atoms with van der Waals surface area (Å²) in [5.74, 6) is -0.388. The van der Waals surface area contributed by atoms with Crippen molar-refractivity contribution in [3.8, 4) is 0 Å². The molecule has 0 saturated carbocycles. The average Bonchev–Trinajstić information content (AvgIpc) is 3.32. The van der Waals surface area contributed by atoms with Crippen LogP contribution in [0.25, 0.3) is 0 Å². The van der Waals surface area contributed by atoms with Gasteiger partial charge in [-0.2, -0.15) is 13.2 Å². The minimum absolute atomic E-state index is 0.0409. The first-order chi connectivity index (χ1) is 17.7. The van der Waals surface area contributed by atoms with Crippen LogP contribution >= 0.6 is 0 Å². The average molecular weight is 522 g/mol. The van der Waals surface area contributed by atoms with E-state index < -0.39 is 17.3 Å². The molecule has 1 aromatic heterocycles. The van der Waals surface area contributed by atoms with Crippen LogP contribution in [-0.2, 0) is 24.1 Å². The molecule has 2 saturated heterocycles. The van der Waals surface area contributed by atoms with E-state index in [-0.39, 0.29) is 43.1 Å². The highest BCUT2D eigenvalue weighted by Gasteiger charge is 2.34. The molecule has 1 unspecified atom stereocenters. The topological polar surface area (TPSA) is 60.8 Å². The predicted molar refractivity (Wildman–Crippen MR) is 131 cm³/mol.